The van der Waals surface area contributed by atoms with Crippen LogP contribution >= 0.6 is 0 Å². The van der Waals surface area contributed by atoms with Crippen molar-refractivity contribution in [1.29, 1.82) is 0 Å². The number of para-hydroxylation sites is 1. The molecular weight excluding hydrogens is 516 g/mol. The molecule has 0 saturated carbocycles. The molecular formula is C27H28N8O5. The molecule has 2 bridgehead atoms. The molecule has 3 aromatic heterocycles. The van der Waals surface area contributed by atoms with Crippen molar-refractivity contribution in [3.63, 3.8) is 0 Å². The molecule has 2 amide bonds. The van der Waals surface area contributed by atoms with E-state index in [-0.39, 0.29) is 43.3 Å². The third kappa shape index (κ3) is 5.41. The molecule has 1 aromatic carbocycles. The molecule has 6 rings (SSSR count). The molecule has 206 valence electrons. The van der Waals surface area contributed by atoms with Gasteiger partial charge in [-0.15, -0.1) is 5.10 Å². The lowest BCUT2D eigenvalue weighted by Crippen LogP contribution is -2.44. The molecule has 40 heavy (non-hydrogen) atoms. The molecule has 0 radical (unpaired) electrons. The summed E-state index contributed by atoms with van der Waals surface area (Å²) in [6.07, 6.45) is 5.08. The SMILES string of the molecule is O=C1N[C@H]2CN(C(=O)CCCn3cnc4ccccc4c3=O)C[C@@H]2OCc2cn(nn2)CCOc2cccnc21. The smallest absolute Gasteiger partial charge is 0.274 e. The molecule has 5 heterocycles. The number of aryl methyl sites for hydroxylation is 1. The summed E-state index contributed by atoms with van der Waals surface area (Å²) in [6.45, 7) is 1.87. The highest BCUT2D eigenvalue weighted by Crippen LogP contribution is 2.20. The van der Waals surface area contributed by atoms with Gasteiger partial charge in [-0.3, -0.25) is 19.0 Å². The van der Waals surface area contributed by atoms with Crippen molar-refractivity contribution in [2.45, 2.75) is 44.7 Å². The Bertz CT molecular complexity index is 1600. The number of nitrogens with one attached hydrogen (secondary N) is 1. The van der Waals surface area contributed by atoms with Gasteiger partial charge in [0.05, 0.1) is 48.7 Å². The predicted molar refractivity (Wildman–Crippen MR) is 141 cm³/mol. The Balaban J connectivity index is 1.14. The minimum Gasteiger partial charge on any atom is -0.489 e. The maximum absolute atomic E-state index is 13.2. The van der Waals surface area contributed by atoms with Crippen molar-refractivity contribution in [3.8, 4) is 5.75 Å². The number of aromatic nitrogens is 6. The topological polar surface area (TPSA) is 146 Å². The first-order valence-corrected chi connectivity index (χ1v) is 13.2. The monoisotopic (exact) mass is 544 g/mol. The van der Waals surface area contributed by atoms with Crippen molar-refractivity contribution in [2.24, 2.45) is 0 Å². The van der Waals surface area contributed by atoms with E-state index in [1.54, 1.807) is 46.1 Å². The van der Waals surface area contributed by atoms with Gasteiger partial charge in [0.1, 0.15) is 12.3 Å². The maximum atomic E-state index is 13.2. The van der Waals surface area contributed by atoms with Crippen LogP contribution in [0.2, 0.25) is 0 Å². The number of pyridine rings is 1. The number of ether oxygens (including phenoxy) is 2. The van der Waals surface area contributed by atoms with Crippen LogP contribution < -0.4 is 15.6 Å². The molecule has 2 aliphatic rings. The van der Waals surface area contributed by atoms with Crippen molar-refractivity contribution in [1.82, 2.24) is 39.7 Å². The van der Waals surface area contributed by atoms with Crippen LogP contribution in [0, 0.1) is 0 Å². The van der Waals surface area contributed by atoms with Crippen LogP contribution in [0.1, 0.15) is 29.0 Å². The molecule has 4 aromatic rings. The summed E-state index contributed by atoms with van der Waals surface area (Å²) >= 11 is 0. The Morgan fingerprint density at radius 2 is 2.00 bits per heavy atom. The average molecular weight is 545 g/mol. The average Bonchev–Trinajstić information content (AvgIpc) is 3.60. The van der Waals surface area contributed by atoms with Crippen molar-refractivity contribution in [3.05, 3.63) is 76.9 Å². The van der Waals surface area contributed by atoms with Gasteiger partial charge in [0, 0.05) is 32.3 Å². The van der Waals surface area contributed by atoms with Crippen LogP contribution in [0.25, 0.3) is 10.9 Å². The van der Waals surface area contributed by atoms with E-state index < -0.39 is 18.1 Å². The van der Waals surface area contributed by atoms with Gasteiger partial charge >= 0.3 is 0 Å². The first-order chi connectivity index (χ1) is 19.5. The molecule has 2 aliphatic heterocycles. The minimum atomic E-state index is -0.461. The predicted octanol–water partition coefficient (Wildman–Crippen LogP) is 0.782. The lowest BCUT2D eigenvalue weighted by molar-refractivity contribution is -0.130. The second-order valence-electron chi connectivity index (χ2n) is 9.76. The van der Waals surface area contributed by atoms with Crippen molar-refractivity contribution in [2.75, 3.05) is 19.7 Å². The van der Waals surface area contributed by atoms with Gasteiger partial charge in [0.25, 0.3) is 11.5 Å². The molecule has 0 unspecified atom stereocenters. The molecule has 1 N–H and O–H groups in total. The second kappa shape index (κ2) is 11.2. The first kappa shape index (κ1) is 25.6. The van der Waals surface area contributed by atoms with Crippen LogP contribution in [0.15, 0.2) is 59.9 Å². The molecule has 1 saturated heterocycles. The number of likely N-dealkylation sites (tertiary alicyclic amines) is 1. The number of fused-ring (bicyclic) bond motifs is 5. The zero-order valence-corrected chi connectivity index (χ0v) is 21.7. The Kier molecular flexibility index (Phi) is 7.19. The van der Waals surface area contributed by atoms with Crippen LogP contribution in [0.5, 0.6) is 5.75 Å². The quantitative estimate of drug-likeness (QED) is 0.394. The van der Waals surface area contributed by atoms with Crippen LogP contribution in [-0.4, -0.2) is 78.1 Å². The number of hydrogen-bond donors (Lipinski definition) is 1. The van der Waals surface area contributed by atoms with Gasteiger partial charge < -0.3 is 19.7 Å². The highest BCUT2D eigenvalue weighted by Gasteiger charge is 2.37. The van der Waals surface area contributed by atoms with Gasteiger partial charge in [0.2, 0.25) is 5.91 Å². The molecule has 13 heteroatoms. The van der Waals surface area contributed by atoms with Crippen molar-refractivity contribution >= 4 is 22.7 Å². The van der Waals surface area contributed by atoms with Gasteiger partial charge in [-0.1, -0.05) is 17.3 Å². The van der Waals surface area contributed by atoms with E-state index in [0.29, 0.717) is 48.4 Å². The van der Waals surface area contributed by atoms with Gasteiger partial charge in [-0.05, 0) is 30.7 Å². The summed E-state index contributed by atoms with van der Waals surface area (Å²) in [7, 11) is 0. The lowest BCUT2D eigenvalue weighted by atomic mass is 10.2. The normalized spacial score (nSPS) is 19.3. The van der Waals surface area contributed by atoms with Gasteiger partial charge in [-0.2, -0.15) is 0 Å². The summed E-state index contributed by atoms with van der Waals surface area (Å²) in [5.41, 5.74) is 1.32. The van der Waals surface area contributed by atoms with E-state index in [1.165, 1.54) is 17.1 Å². The van der Waals surface area contributed by atoms with E-state index in [2.05, 4.69) is 25.6 Å². The summed E-state index contributed by atoms with van der Waals surface area (Å²) in [4.78, 5) is 49.3. The first-order valence-electron chi connectivity index (χ1n) is 13.2. The molecule has 0 aliphatic carbocycles. The largest absolute Gasteiger partial charge is 0.489 e. The number of carbonyl (C=O) groups is 2. The van der Waals surface area contributed by atoms with Crippen molar-refractivity contribution < 1.29 is 19.1 Å². The van der Waals surface area contributed by atoms with E-state index >= 15 is 0 Å². The van der Waals surface area contributed by atoms with Gasteiger partial charge in [0.15, 0.2) is 11.4 Å². The summed E-state index contributed by atoms with van der Waals surface area (Å²) in [6, 6.07) is 10.1. The number of carbonyl (C=O) groups excluding carboxylic acids is 2. The standard InChI is InChI=1S/C27H28N8O5/c36-24(8-4-10-33-17-29-20-6-2-1-5-19(20)27(33)38)34-14-21-23(15-34)40-16-18-13-35(32-31-18)11-12-39-22-7-3-9-28-25(22)26(37)30-21/h1-3,5-7,9,13,17,21,23H,4,8,10-12,14-16H2,(H,30,37)/t21-,23-/m0/s1. The fraction of sp³-hybridized carbons (Fsp3) is 0.370. The Morgan fingerprint density at radius 3 is 2.92 bits per heavy atom. The Morgan fingerprint density at radius 1 is 1.10 bits per heavy atom. The van der Waals surface area contributed by atoms with E-state index in [1.807, 2.05) is 6.07 Å². The van der Waals surface area contributed by atoms with Crippen LogP contribution in [0.4, 0.5) is 0 Å². The zero-order valence-electron chi connectivity index (χ0n) is 21.7. The third-order valence-electron chi connectivity index (χ3n) is 7.05. The molecule has 0 spiro atoms. The molecule has 13 nitrogen and oxygen atoms in total. The number of rotatable bonds is 4. The Labute approximate surface area is 228 Å². The van der Waals surface area contributed by atoms with E-state index in [9.17, 15) is 14.4 Å². The third-order valence-corrected chi connectivity index (χ3v) is 7.05. The second-order valence-corrected chi connectivity index (χ2v) is 9.76. The van der Waals surface area contributed by atoms with Crippen LogP contribution in [0.3, 0.4) is 0 Å². The fourth-order valence-electron chi connectivity index (χ4n) is 4.98. The maximum Gasteiger partial charge on any atom is 0.274 e. The lowest BCUT2D eigenvalue weighted by Gasteiger charge is -2.20. The van der Waals surface area contributed by atoms with Crippen LogP contribution in [-0.2, 0) is 29.2 Å². The minimum absolute atomic E-state index is 0.0853. The number of benzene rings is 1. The number of hydrogen-bond acceptors (Lipinski definition) is 9. The Hall–Kier alpha value is -4.65. The van der Waals surface area contributed by atoms with E-state index in [0.717, 1.165) is 0 Å². The van der Waals surface area contributed by atoms with Gasteiger partial charge in [-0.25, -0.2) is 14.6 Å². The number of amides is 2. The summed E-state index contributed by atoms with van der Waals surface area (Å²) in [5.74, 6) is -0.127. The number of nitrogens with zero attached hydrogens (tertiary/aromatic N) is 7. The highest BCUT2D eigenvalue weighted by atomic mass is 16.5. The summed E-state index contributed by atoms with van der Waals surface area (Å²) in [5, 5.41) is 11.8. The fourth-order valence-corrected chi connectivity index (χ4v) is 4.98. The highest BCUT2D eigenvalue weighted by molar-refractivity contribution is 5.95. The molecule has 2 atom stereocenters. The van der Waals surface area contributed by atoms with E-state index in [4.69, 9.17) is 9.47 Å². The molecule has 1 fully saturated rings. The zero-order chi connectivity index (χ0) is 27.5. The summed E-state index contributed by atoms with van der Waals surface area (Å²) < 4.78 is 15.1.